The summed E-state index contributed by atoms with van der Waals surface area (Å²) < 4.78 is 28.8. The Labute approximate surface area is 156 Å². The van der Waals surface area contributed by atoms with Crippen molar-refractivity contribution in [3.63, 3.8) is 0 Å². The van der Waals surface area contributed by atoms with E-state index in [0.717, 1.165) is 4.31 Å². The Balaban J connectivity index is 1.90. The van der Waals surface area contributed by atoms with Crippen LogP contribution >= 0.6 is 23.2 Å². The van der Waals surface area contributed by atoms with E-state index in [1.54, 1.807) is 6.92 Å². The number of hydrogen-bond acceptors (Lipinski definition) is 5. The van der Waals surface area contributed by atoms with Gasteiger partial charge in [-0.3, -0.25) is 9.59 Å². The minimum absolute atomic E-state index is 0.101. The van der Waals surface area contributed by atoms with Gasteiger partial charge in [0.05, 0.1) is 4.90 Å². The number of nitrogens with zero attached hydrogens (tertiary/aromatic N) is 1. The summed E-state index contributed by atoms with van der Waals surface area (Å²) in [7, 11) is -0.684. The van der Waals surface area contributed by atoms with Crippen LogP contribution in [0.5, 0.6) is 0 Å². The number of carbonyl (C=O) groups is 2. The Bertz CT molecular complexity index is 793. The summed E-state index contributed by atoms with van der Waals surface area (Å²) in [5.41, 5.74) is -0.626. The summed E-state index contributed by atoms with van der Waals surface area (Å²) >= 11 is 11.7. The first-order valence-electron chi connectivity index (χ1n) is 7.28. The van der Waals surface area contributed by atoms with E-state index in [1.165, 1.54) is 38.4 Å². The lowest BCUT2D eigenvalue weighted by Crippen LogP contribution is -2.26. The average Bonchev–Trinajstić information content (AvgIpc) is 3.05. The minimum Gasteiger partial charge on any atom is -0.455 e. The number of sulfonamides is 1. The zero-order valence-corrected chi connectivity index (χ0v) is 16.2. The maximum absolute atomic E-state index is 12.0. The van der Waals surface area contributed by atoms with Crippen molar-refractivity contribution in [1.29, 1.82) is 0 Å². The van der Waals surface area contributed by atoms with Gasteiger partial charge in [0.25, 0.3) is 5.91 Å². The predicted molar refractivity (Wildman–Crippen MR) is 94.1 cm³/mol. The number of alkyl halides is 2. The Morgan fingerprint density at radius 1 is 1.24 bits per heavy atom. The molecule has 1 N–H and O–H groups in total. The molecule has 2 rings (SSSR count). The molecular weight excluding hydrogens is 391 g/mol. The van der Waals surface area contributed by atoms with Crippen LogP contribution < -0.4 is 5.32 Å². The van der Waals surface area contributed by atoms with E-state index >= 15 is 0 Å². The highest BCUT2D eigenvalue weighted by atomic mass is 35.5. The molecule has 0 radical (unpaired) electrons. The maximum Gasteiger partial charge on any atom is 0.315 e. The number of rotatable bonds is 6. The first-order chi connectivity index (χ1) is 11.4. The minimum atomic E-state index is -3.54. The van der Waals surface area contributed by atoms with Crippen LogP contribution in [0, 0.1) is 5.41 Å². The Morgan fingerprint density at radius 3 is 2.20 bits per heavy atom. The van der Waals surface area contributed by atoms with Gasteiger partial charge in [0.1, 0.15) is 9.75 Å². The molecule has 138 valence electrons. The second kappa shape index (κ2) is 6.75. The van der Waals surface area contributed by atoms with Gasteiger partial charge < -0.3 is 10.1 Å². The standard InChI is InChI=1S/C15H18Cl2N2O5S/c1-14(9-15(14,16)17)13(21)24-8-12(20)18-10-4-6-11(7-5-10)25(22,23)19(2)3/h4-7H,8-9H2,1-3H3,(H,18,20)/t14-/m1/s1. The van der Waals surface area contributed by atoms with Gasteiger partial charge in [0.15, 0.2) is 6.61 Å². The molecule has 1 aliphatic carbocycles. The summed E-state index contributed by atoms with van der Waals surface area (Å²) in [5, 5.41) is 2.51. The Kier molecular flexibility index (Phi) is 5.39. The van der Waals surface area contributed by atoms with Gasteiger partial charge in [-0.05, 0) is 31.2 Å². The van der Waals surface area contributed by atoms with Crippen molar-refractivity contribution < 1.29 is 22.7 Å². The number of nitrogens with one attached hydrogen (secondary N) is 1. The first-order valence-corrected chi connectivity index (χ1v) is 9.47. The van der Waals surface area contributed by atoms with Crippen molar-refractivity contribution in [2.24, 2.45) is 5.41 Å². The second-order valence-corrected chi connectivity index (χ2v) is 9.79. The van der Waals surface area contributed by atoms with E-state index in [0.29, 0.717) is 5.69 Å². The van der Waals surface area contributed by atoms with Crippen molar-refractivity contribution in [3.8, 4) is 0 Å². The van der Waals surface area contributed by atoms with Crippen LogP contribution in [0.15, 0.2) is 29.2 Å². The fourth-order valence-corrected chi connectivity index (χ4v) is 3.62. The number of ether oxygens (including phenoxy) is 1. The van der Waals surface area contributed by atoms with Crippen molar-refractivity contribution in [1.82, 2.24) is 4.31 Å². The highest BCUT2D eigenvalue weighted by Crippen LogP contribution is 2.64. The third-order valence-corrected chi connectivity index (χ3v) is 6.89. The highest BCUT2D eigenvalue weighted by Gasteiger charge is 2.69. The molecule has 0 saturated heterocycles. The lowest BCUT2D eigenvalue weighted by molar-refractivity contribution is -0.152. The van der Waals surface area contributed by atoms with Gasteiger partial charge in [-0.15, -0.1) is 23.2 Å². The quantitative estimate of drug-likeness (QED) is 0.573. The lowest BCUT2D eigenvalue weighted by Gasteiger charge is -2.13. The fraction of sp³-hybridized carbons (Fsp3) is 0.467. The third kappa shape index (κ3) is 4.08. The number of carbonyl (C=O) groups excluding carboxylic acids is 2. The summed E-state index contributed by atoms with van der Waals surface area (Å²) in [4.78, 5) is 23.8. The molecule has 1 saturated carbocycles. The van der Waals surface area contributed by atoms with Crippen molar-refractivity contribution in [2.45, 2.75) is 22.6 Å². The summed E-state index contributed by atoms with van der Waals surface area (Å²) in [5.74, 6) is -1.20. The molecule has 0 unspecified atom stereocenters. The summed E-state index contributed by atoms with van der Waals surface area (Å²) in [6.07, 6.45) is 0.269. The van der Waals surface area contributed by atoms with Crippen LogP contribution in [0.4, 0.5) is 5.69 Å². The van der Waals surface area contributed by atoms with Crippen LogP contribution in [-0.2, 0) is 24.3 Å². The van der Waals surface area contributed by atoms with Gasteiger partial charge in [0, 0.05) is 26.2 Å². The lowest BCUT2D eigenvalue weighted by atomic mass is 10.1. The monoisotopic (exact) mass is 408 g/mol. The van der Waals surface area contributed by atoms with E-state index in [2.05, 4.69) is 5.32 Å². The molecule has 0 aliphatic heterocycles. The van der Waals surface area contributed by atoms with E-state index in [4.69, 9.17) is 27.9 Å². The molecule has 1 aromatic rings. The van der Waals surface area contributed by atoms with Gasteiger partial charge in [-0.25, -0.2) is 12.7 Å². The van der Waals surface area contributed by atoms with Crippen LogP contribution in [0.1, 0.15) is 13.3 Å². The Morgan fingerprint density at radius 2 is 1.76 bits per heavy atom. The average molecular weight is 409 g/mol. The van der Waals surface area contributed by atoms with E-state index < -0.39 is 38.3 Å². The molecule has 0 spiro atoms. The smallest absolute Gasteiger partial charge is 0.315 e. The molecule has 0 bridgehead atoms. The van der Waals surface area contributed by atoms with Crippen LogP contribution in [0.2, 0.25) is 0 Å². The van der Waals surface area contributed by atoms with Crippen LogP contribution in [0.3, 0.4) is 0 Å². The predicted octanol–water partition coefficient (Wildman–Crippen LogP) is 2.00. The SMILES string of the molecule is CN(C)S(=O)(=O)c1ccc(NC(=O)COC(=O)[C@@]2(C)CC2(Cl)Cl)cc1. The van der Waals surface area contributed by atoms with E-state index in [1.807, 2.05) is 0 Å². The van der Waals surface area contributed by atoms with Gasteiger partial charge in [-0.2, -0.15) is 0 Å². The van der Waals surface area contributed by atoms with E-state index in [-0.39, 0.29) is 11.3 Å². The first kappa shape index (κ1) is 20.0. The molecule has 1 aromatic carbocycles. The highest BCUT2D eigenvalue weighted by molar-refractivity contribution is 7.89. The van der Waals surface area contributed by atoms with E-state index in [9.17, 15) is 18.0 Å². The van der Waals surface area contributed by atoms with Crippen molar-refractivity contribution in [3.05, 3.63) is 24.3 Å². The maximum atomic E-state index is 12.0. The molecular formula is C15H18Cl2N2O5S. The largest absolute Gasteiger partial charge is 0.455 e. The molecule has 25 heavy (non-hydrogen) atoms. The molecule has 1 aliphatic rings. The topological polar surface area (TPSA) is 92.8 Å². The van der Waals surface area contributed by atoms with Gasteiger partial charge in [-0.1, -0.05) is 0 Å². The van der Waals surface area contributed by atoms with Gasteiger partial charge in [0.2, 0.25) is 10.0 Å². The number of benzene rings is 1. The number of halogens is 2. The Hall–Kier alpha value is -1.35. The molecule has 0 heterocycles. The van der Waals surface area contributed by atoms with Gasteiger partial charge >= 0.3 is 5.97 Å². The van der Waals surface area contributed by atoms with Crippen LogP contribution in [0.25, 0.3) is 0 Å². The molecule has 10 heteroatoms. The summed E-state index contributed by atoms with van der Waals surface area (Å²) in [6.45, 7) is 1.08. The number of amides is 1. The molecule has 0 aromatic heterocycles. The second-order valence-electron chi connectivity index (χ2n) is 6.15. The fourth-order valence-electron chi connectivity index (χ4n) is 2.03. The number of esters is 1. The normalized spacial score (nSPS) is 21.7. The number of hydrogen-bond donors (Lipinski definition) is 1. The molecule has 1 atom stereocenters. The number of anilines is 1. The molecule has 7 nitrogen and oxygen atoms in total. The molecule has 1 fully saturated rings. The van der Waals surface area contributed by atoms with Crippen molar-refractivity contribution >= 4 is 50.8 Å². The summed E-state index contributed by atoms with van der Waals surface area (Å²) in [6, 6.07) is 5.64. The zero-order valence-electron chi connectivity index (χ0n) is 13.9. The van der Waals surface area contributed by atoms with Crippen molar-refractivity contribution in [2.75, 3.05) is 26.0 Å². The zero-order chi connectivity index (χ0) is 19.0. The molecule has 1 amide bonds. The van der Waals surface area contributed by atoms with Crippen LogP contribution in [-0.4, -0.2) is 49.6 Å². The third-order valence-electron chi connectivity index (χ3n) is 3.96.